The van der Waals surface area contributed by atoms with E-state index in [0.717, 1.165) is 21.6 Å². The second-order valence-electron chi connectivity index (χ2n) is 10.3. The molecule has 0 unspecified atom stereocenters. The number of para-hydroxylation sites is 1. The standard InChI is InChI=1S/C26H33N3O5S3/c1-18-14-19(2)17-29(16-18)37(32,33)25-9-8-21(15-23(25)34-3)36(30,31)28-12-10-20(11-13-28)26-27-22-6-4-5-7-24(22)35-26/h4-9,15,18-20H,10-14,16-17H2,1-3H3/t18-,19-/m0/s1. The van der Waals surface area contributed by atoms with Gasteiger partial charge in [-0.2, -0.15) is 8.61 Å². The molecule has 2 aliphatic heterocycles. The van der Waals surface area contributed by atoms with Crippen LogP contribution in [0.15, 0.2) is 52.3 Å². The maximum atomic E-state index is 13.5. The van der Waals surface area contributed by atoms with Crippen LogP contribution in [0.25, 0.3) is 10.2 Å². The molecule has 1 aromatic heterocycles. The normalized spacial score (nSPS) is 22.9. The fraction of sp³-hybridized carbons (Fsp3) is 0.500. The van der Waals surface area contributed by atoms with Gasteiger partial charge in [0.05, 0.1) is 27.2 Å². The van der Waals surface area contributed by atoms with Gasteiger partial charge in [-0.3, -0.25) is 0 Å². The second kappa shape index (κ2) is 10.3. The predicted molar refractivity (Wildman–Crippen MR) is 145 cm³/mol. The molecular weight excluding hydrogens is 531 g/mol. The van der Waals surface area contributed by atoms with Gasteiger partial charge in [-0.1, -0.05) is 26.0 Å². The van der Waals surface area contributed by atoms with E-state index in [1.807, 2.05) is 32.0 Å². The lowest BCUT2D eigenvalue weighted by molar-refractivity contribution is 0.222. The van der Waals surface area contributed by atoms with Crippen LogP contribution in [0.5, 0.6) is 5.75 Å². The molecule has 11 heteroatoms. The van der Waals surface area contributed by atoms with Crippen molar-refractivity contribution in [3.05, 3.63) is 47.5 Å². The molecular formula is C26H33N3O5S3. The third kappa shape index (κ3) is 5.16. The van der Waals surface area contributed by atoms with Crippen LogP contribution in [0.4, 0.5) is 0 Å². The number of ether oxygens (including phenoxy) is 1. The Hall–Kier alpha value is -2.05. The summed E-state index contributed by atoms with van der Waals surface area (Å²) >= 11 is 1.67. The molecule has 2 fully saturated rings. The van der Waals surface area contributed by atoms with Crippen LogP contribution >= 0.6 is 11.3 Å². The minimum Gasteiger partial charge on any atom is -0.495 e. The summed E-state index contributed by atoms with van der Waals surface area (Å²) in [6, 6.07) is 12.1. The summed E-state index contributed by atoms with van der Waals surface area (Å²) in [5.74, 6) is 0.793. The number of thiazole rings is 1. The maximum absolute atomic E-state index is 13.5. The third-order valence-electron chi connectivity index (χ3n) is 7.34. The van der Waals surface area contributed by atoms with Crippen LogP contribution in [0.3, 0.4) is 0 Å². The van der Waals surface area contributed by atoms with Crippen molar-refractivity contribution in [2.45, 2.75) is 48.8 Å². The molecule has 0 radical (unpaired) electrons. The van der Waals surface area contributed by atoms with Gasteiger partial charge in [0.25, 0.3) is 0 Å². The van der Waals surface area contributed by atoms with Crippen molar-refractivity contribution >= 4 is 41.6 Å². The van der Waals surface area contributed by atoms with Gasteiger partial charge in [-0.15, -0.1) is 11.3 Å². The molecule has 0 spiro atoms. The zero-order valence-corrected chi connectivity index (χ0v) is 23.8. The number of aromatic nitrogens is 1. The van der Waals surface area contributed by atoms with E-state index in [1.54, 1.807) is 11.3 Å². The number of piperidine rings is 2. The molecule has 3 heterocycles. The molecule has 5 rings (SSSR count). The fourth-order valence-corrected chi connectivity index (χ4v) is 9.96. The first-order chi connectivity index (χ1) is 17.6. The van der Waals surface area contributed by atoms with Crippen molar-refractivity contribution in [3.63, 3.8) is 0 Å². The molecule has 0 N–H and O–H groups in total. The number of hydrogen-bond donors (Lipinski definition) is 0. The van der Waals surface area contributed by atoms with Crippen LogP contribution in [-0.4, -0.2) is 63.7 Å². The highest BCUT2D eigenvalue weighted by Crippen LogP contribution is 2.37. The Labute approximate surface area is 223 Å². The molecule has 0 amide bonds. The number of hydrogen-bond acceptors (Lipinski definition) is 7. The zero-order chi connectivity index (χ0) is 26.4. The maximum Gasteiger partial charge on any atom is 0.246 e. The average molecular weight is 564 g/mol. The second-order valence-corrected chi connectivity index (χ2v) is 15.2. The molecule has 0 aliphatic carbocycles. The van der Waals surface area contributed by atoms with E-state index >= 15 is 0 Å². The number of rotatable bonds is 6. The minimum atomic E-state index is -3.81. The lowest BCUT2D eigenvalue weighted by atomic mass is 9.94. The van der Waals surface area contributed by atoms with Crippen molar-refractivity contribution in [1.82, 2.24) is 13.6 Å². The van der Waals surface area contributed by atoms with Crippen LogP contribution < -0.4 is 4.74 Å². The third-order valence-corrected chi connectivity index (χ3v) is 12.3. The van der Waals surface area contributed by atoms with Crippen molar-refractivity contribution in [2.24, 2.45) is 11.8 Å². The highest BCUT2D eigenvalue weighted by Gasteiger charge is 2.36. The van der Waals surface area contributed by atoms with E-state index in [9.17, 15) is 16.8 Å². The number of benzene rings is 2. The first kappa shape index (κ1) is 26.6. The highest BCUT2D eigenvalue weighted by atomic mass is 32.2. The molecule has 200 valence electrons. The molecule has 8 nitrogen and oxygen atoms in total. The van der Waals surface area contributed by atoms with Gasteiger partial charge < -0.3 is 4.74 Å². The minimum absolute atomic E-state index is 0.00444. The van der Waals surface area contributed by atoms with Crippen molar-refractivity contribution in [1.29, 1.82) is 0 Å². The van der Waals surface area contributed by atoms with Gasteiger partial charge in [0, 0.05) is 38.2 Å². The Kier molecular flexibility index (Phi) is 7.36. The van der Waals surface area contributed by atoms with E-state index in [2.05, 4.69) is 6.07 Å². The van der Waals surface area contributed by atoms with Crippen LogP contribution in [0, 0.1) is 11.8 Å². The van der Waals surface area contributed by atoms with Crippen molar-refractivity contribution < 1.29 is 21.6 Å². The first-order valence-electron chi connectivity index (χ1n) is 12.6. The molecule has 2 atom stereocenters. The molecule has 2 aromatic carbocycles. The molecule has 0 saturated carbocycles. The van der Waals surface area contributed by atoms with E-state index in [1.165, 1.54) is 33.9 Å². The van der Waals surface area contributed by atoms with Crippen molar-refractivity contribution in [2.75, 3.05) is 33.3 Å². The SMILES string of the molecule is COc1cc(S(=O)(=O)N2CCC(c3nc4ccccc4s3)CC2)ccc1S(=O)(=O)N1C[C@@H](C)C[C@H](C)C1. The van der Waals surface area contributed by atoms with Gasteiger partial charge in [0.1, 0.15) is 10.6 Å². The lowest BCUT2D eigenvalue weighted by Crippen LogP contribution is -2.42. The Morgan fingerprint density at radius 3 is 2.24 bits per heavy atom. The Bertz CT molecular complexity index is 1450. The summed E-state index contributed by atoms with van der Waals surface area (Å²) in [6.07, 6.45) is 2.36. The predicted octanol–water partition coefficient (Wildman–Crippen LogP) is 4.54. The fourth-order valence-electron chi connectivity index (χ4n) is 5.52. The van der Waals surface area contributed by atoms with E-state index in [-0.39, 0.29) is 33.3 Å². The summed E-state index contributed by atoms with van der Waals surface area (Å²) in [7, 11) is -6.24. The van der Waals surface area contributed by atoms with Crippen LogP contribution in [0.2, 0.25) is 0 Å². The van der Waals surface area contributed by atoms with E-state index in [0.29, 0.717) is 39.0 Å². The van der Waals surface area contributed by atoms with Gasteiger partial charge >= 0.3 is 0 Å². The number of nitrogens with zero attached hydrogens (tertiary/aromatic N) is 3. The molecule has 2 aliphatic rings. The van der Waals surface area contributed by atoms with Gasteiger partial charge in [-0.05, 0) is 55.4 Å². The summed E-state index contributed by atoms with van der Waals surface area (Å²) in [4.78, 5) is 4.81. The van der Waals surface area contributed by atoms with Crippen LogP contribution in [0.1, 0.15) is 44.0 Å². The first-order valence-corrected chi connectivity index (χ1v) is 16.3. The lowest BCUT2D eigenvalue weighted by Gasteiger charge is -2.34. The summed E-state index contributed by atoms with van der Waals surface area (Å²) in [5.41, 5.74) is 0.980. The largest absolute Gasteiger partial charge is 0.495 e. The molecule has 0 bridgehead atoms. The number of fused-ring (bicyclic) bond motifs is 1. The van der Waals surface area contributed by atoms with Crippen molar-refractivity contribution in [3.8, 4) is 5.75 Å². The Balaban J connectivity index is 1.34. The molecule has 3 aromatic rings. The van der Waals surface area contributed by atoms with Gasteiger partial charge in [0.2, 0.25) is 20.0 Å². The zero-order valence-electron chi connectivity index (χ0n) is 21.3. The quantitative estimate of drug-likeness (QED) is 0.437. The van der Waals surface area contributed by atoms with E-state index in [4.69, 9.17) is 9.72 Å². The Morgan fingerprint density at radius 1 is 0.919 bits per heavy atom. The van der Waals surface area contributed by atoms with Gasteiger partial charge in [-0.25, -0.2) is 21.8 Å². The monoisotopic (exact) mass is 563 g/mol. The molecule has 2 saturated heterocycles. The topological polar surface area (TPSA) is 96.9 Å². The van der Waals surface area contributed by atoms with Gasteiger partial charge in [0.15, 0.2) is 0 Å². The highest BCUT2D eigenvalue weighted by molar-refractivity contribution is 7.89. The van der Waals surface area contributed by atoms with E-state index < -0.39 is 20.0 Å². The summed E-state index contributed by atoms with van der Waals surface area (Å²) in [6.45, 7) is 5.75. The smallest absolute Gasteiger partial charge is 0.246 e. The summed E-state index contributed by atoms with van der Waals surface area (Å²) in [5, 5.41) is 1.05. The number of methoxy groups -OCH3 is 1. The summed E-state index contributed by atoms with van der Waals surface area (Å²) < 4.78 is 63.4. The Morgan fingerprint density at radius 2 is 1.59 bits per heavy atom. The average Bonchev–Trinajstić information content (AvgIpc) is 3.32. The van der Waals surface area contributed by atoms with Crippen LogP contribution in [-0.2, 0) is 20.0 Å². The molecule has 37 heavy (non-hydrogen) atoms. The number of sulfonamides is 2.